The minimum Gasteiger partial charge on any atom is -0.284 e. The molecule has 3 heterocycles. The van der Waals surface area contributed by atoms with Crippen LogP contribution in [0.2, 0.25) is 0 Å². The van der Waals surface area contributed by atoms with Gasteiger partial charge in [-0.15, -0.1) is 5.10 Å². The molecule has 154 valence electrons. The van der Waals surface area contributed by atoms with E-state index in [9.17, 15) is 4.79 Å². The van der Waals surface area contributed by atoms with Crippen LogP contribution < -0.4 is 5.56 Å². The second kappa shape index (κ2) is 7.49. The Bertz CT molecular complexity index is 1340. The molecule has 5 rings (SSSR count). The first kappa shape index (κ1) is 19.2. The molecule has 2 aromatic carbocycles. The minimum absolute atomic E-state index is 0.0825. The normalized spacial score (nSPS) is 15.9. The van der Waals surface area contributed by atoms with E-state index in [1.54, 1.807) is 4.57 Å². The van der Waals surface area contributed by atoms with Gasteiger partial charge in [0.2, 0.25) is 10.5 Å². The molecule has 2 aromatic heterocycles. The van der Waals surface area contributed by atoms with E-state index in [4.69, 9.17) is 17.3 Å². The van der Waals surface area contributed by atoms with Crippen molar-refractivity contribution in [3.8, 4) is 5.69 Å². The monoisotopic (exact) mass is 419 g/mol. The van der Waals surface area contributed by atoms with Gasteiger partial charge in [-0.3, -0.25) is 14.1 Å². The molecule has 6 nitrogen and oxygen atoms in total. The van der Waals surface area contributed by atoms with Crippen LogP contribution in [0.1, 0.15) is 25.3 Å². The molecule has 0 radical (unpaired) electrons. The number of aryl methyl sites for hydroxylation is 1. The number of likely N-dealkylation sites (tertiary alicyclic amines) is 1. The summed E-state index contributed by atoms with van der Waals surface area (Å²) in [4.78, 5) is 15.8. The second-order valence-corrected chi connectivity index (χ2v) is 8.72. The SMILES string of the molecule is Cc1ccc(-n2c(=O)c3ccccc3n3c(=S)n(CN4CCC(C)CC4)nc23)cc1. The third-order valence-electron chi connectivity index (χ3n) is 6.10. The predicted octanol–water partition coefficient (Wildman–Crippen LogP) is 4.17. The van der Waals surface area contributed by atoms with Crippen LogP contribution in [0.15, 0.2) is 53.3 Å². The molecule has 30 heavy (non-hydrogen) atoms. The lowest BCUT2D eigenvalue weighted by Crippen LogP contribution is -2.34. The lowest BCUT2D eigenvalue weighted by Gasteiger charge is -2.29. The molecule has 1 aliphatic heterocycles. The molecule has 0 saturated carbocycles. The first-order chi connectivity index (χ1) is 14.5. The third kappa shape index (κ3) is 3.18. The van der Waals surface area contributed by atoms with E-state index in [2.05, 4.69) is 11.8 Å². The Balaban J connectivity index is 1.74. The van der Waals surface area contributed by atoms with Gasteiger partial charge in [-0.2, -0.15) is 0 Å². The second-order valence-electron chi connectivity index (χ2n) is 8.35. The molecule has 0 bridgehead atoms. The van der Waals surface area contributed by atoms with E-state index in [0.717, 1.165) is 35.8 Å². The first-order valence-electron chi connectivity index (χ1n) is 10.5. The quantitative estimate of drug-likeness (QED) is 0.468. The zero-order valence-electron chi connectivity index (χ0n) is 17.3. The number of benzene rings is 2. The maximum absolute atomic E-state index is 13.4. The van der Waals surface area contributed by atoms with E-state index in [1.807, 2.05) is 64.5 Å². The Kier molecular flexibility index (Phi) is 4.79. The predicted molar refractivity (Wildman–Crippen MR) is 122 cm³/mol. The van der Waals surface area contributed by atoms with Gasteiger partial charge in [0.1, 0.15) is 0 Å². The number of rotatable bonds is 3. The van der Waals surface area contributed by atoms with Crippen molar-refractivity contribution in [2.75, 3.05) is 13.1 Å². The summed E-state index contributed by atoms with van der Waals surface area (Å²) < 4.78 is 6.07. The molecule has 0 atom stereocenters. The number of fused-ring (bicyclic) bond motifs is 3. The number of nitrogens with zero attached hydrogens (tertiary/aromatic N) is 5. The maximum atomic E-state index is 13.4. The van der Waals surface area contributed by atoms with E-state index in [-0.39, 0.29) is 5.56 Å². The van der Waals surface area contributed by atoms with E-state index >= 15 is 0 Å². The van der Waals surface area contributed by atoms with E-state index < -0.39 is 0 Å². The van der Waals surface area contributed by atoms with Gasteiger partial charge in [0.15, 0.2) is 0 Å². The number of aromatic nitrogens is 4. The molecule has 1 aliphatic rings. The molecule has 0 spiro atoms. The van der Waals surface area contributed by atoms with Crippen molar-refractivity contribution in [2.45, 2.75) is 33.4 Å². The molecular formula is C23H25N5OS. The Morgan fingerprint density at radius 2 is 1.77 bits per heavy atom. The summed E-state index contributed by atoms with van der Waals surface area (Å²) in [5.41, 5.74) is 2.65. The van der Waals surface area contributed by atoms with Crippen LogP contribution >= 0.6 is 12.2 Å². The highest BCUT2D eigenvalue weighted by Gasteiger charge is 2.20. The summed E-state index contributed by atoms with van der Waals surface area (Å²) in [6.07, 6.45) is 2.38. The van der Waals surface area contributed by atoms with Gasteiger partial charge in [-0.05, 0) is 62.2 Å². The fourth-order valence-corrected chi connectivity index (χ4v) is 4.50. The third-order valence-corrected chi connectivity index (χ3v) is 6.50. The fourth-order valence-electron chi connectivity index (χ4n) is 4.22. The van der Waals surface area contributed by atoms with Gasteiger partial charge in [0.25, 0.3) is 5.56 Å². The summed E-state index contributed by atoms with van der Waals surface area (Å²) in [7, 11) is 0. The topological polar surface area (TPSA) is 47.5 Å². The van der Waals surface area contributed by atoms with Crippen LogP contribution in [-0.2, 0) is 6.67 Å². The molecule has 0 unspecified atom stereocenters. The van der Waals surface area contributed by atoms with Crippen molar-refractivity contribution in [1.29, 1.82) is 0 Å². The maximum Gasteiger partial charge on any atom is 0.267 e. The zero-order chi connectivity index (χ0) is 20.8. The Morgan fingerprint density at radius 3 is 2.50 bits per heavy atom. The molecule has 1 fully saturated rings. The van der Waals surface area contributed by atoms with Crippen molar-refractivity contribution < 1.29 is 0 Å². The Hall–Kier alpha value is -2.77. The van der Waals surface area contributed by atoms with Gasteiger partial charge in [0.05, 0.1) is 23.3 Å². The van der Waals surface area contributed by atoms with Crippen molar-refractivity contribution in [3.05, 3.63) is 69.2 Å². The Labute approximate surface area is 180 Å². The van der Waals surface area contributed by atoms with Gasteiger partial charge in [-0.1, -0.05) is 36.8 Å². The summed E-state index contributed by atoms with van der Waals surface area (Å²) in [5.74, 6) is 1.32. The van der Waals surface area contributed by atoms with Crippen molar-refractivity contribution >= 4 is 28.9 Å². The standard InChI is InChI=1S/C23H25N5OS/c1-16-7-9-18(10-8-16)27-21(29)19-5-3-4-6-20(19)28-22(27)24-26(23(28)30)15-25-13-11-17(2)12-14-25/h3-10,17H,11-15H2,1-2H3. The average molecular weight is 420 g/mol. The van der Waals surface area contributed by atoms with Crippen LogP contribution in [0.4, 0.5) is 0 Å². The molecule has 0 aliphatic carbocycles. The molecule has 1 saturated heterocycles. The lowest BCUT2D eigenvalue weighted by atomic mass is 10.00. The number of para-hydroxylation sites is 1. The Morgan fingerprint density at radius 1 is 1.07 bits per heavy atom. The number of hydrogen-bond acceptors (Lipinski definition) is 4. The molecule has 4 aromatic rings. The largest absolute Gasteiger partial charge is 0.284 e. The zero-order valence-corrected chi connectivity index (χ0v) is 18.1. The highest BCUT2D eigenvalue weighted by Crippen LogP contribution is 2.20. The lowest BCUT2D eigenvalue weighted by molar-refractivity contribution is 0.146. The highest BCUT2D eigenvalue weighted by molar-refractivity contribution is 7.71. The summed E-state index contributed by atoms with van der Waals surface area (Å²) in [6, 6.07) is 15.5. The molecule has 0 N–H and O–H groups in total. The average Bonchev–Trinajstić information content (AvgIpc) is 3.07. The van der Waals surface area contributed by atoms with E-state index in [0.29, 0.717) is 22.6 Å². The van der Waals surface area contributed by atoms with Crippen LogP contribution in [-0.4, -0.2) is 36.7 Å². The smallest absolute Gasteiger partial charge is 0.267 e. The number of hydrogen-bond donors (Lipinski definition) is 0. The number of piperidine rings is 1. The van der Waals surface area contributed by atoms with Crippen molar-refractivity contribution in [1.82, 2.24) is 23.6 Å². The van der Waals surface area contributed by atoms with Crippen molar-refractivity contribution in [2.24, 2.45) is 5.92 Å². The van der Waals surface area contributed by atoms with Gasteiger partial charge < -0.3 is 0 Å². The highest BCUT2D eigenvalue weighted by atomic mass is 32.1. The van der Waals surface area contributed by atoms with Gasteiger partial charge in [0, 0.05) is 13.1 Å². The first-order valence-corrected chi connectivity index (χ1v) is 10.9. The van der Waals surface area contributed by atoms with Crippen LogP contribution in [0, 0.1) is 17.6 Å². The fraction of sp³-hybridized carbons (Fsp3) is 0.348. The summed E-state index contributed by atoms with van der Waals surface area (Å²) in [6.45, 7) is 7.07. The summed E-state index contributed by atoms with van der Waals surface area (Å²) >= 11 is 5.84. The van der Waals surface area contributed by atoms with Crippen LogP contribution in [0.25, 0.3) is 22.4 Å². The van der Waals surface area contributed by atoms with E-state index in [1.165, 1.54) is 12.8 Å². The van der Waals surface area contributed by atoms with Gasteiger partial charge >= 0.3 is 0 Å². The van der Waals surface area contributed by atoms with Crippen LogP contribution in [0.5, 0.6) is 0 Å². The van der Waals surface area contributed by atoms with Crippen LogP contribution in [0.3, 0.4) is 0 Å². The molecule has 0 amide bonds. The summed E-state index contributed by atoms with van der Waals surface area (Å²) in [5, 5.41) is 5.46. The van der Waals surface area contributed by atoms with Gasteiger partial charge in [-0.25, -0.2) is 9.25 Å². The molecular weight excluding hydrogens is 394 g/mol. The van der Waals surface area contributed by atoms with Crippen molar-refractivity contribution in [3.63, 3.8) is 0 Å². The molecule has 7 heteroatoms. The minimum atomic E-state index is -0.0825.